The number of carbonyl (C=O) groups is 1. The Morgan fingerprint density at radius 1 is 1.08 bits per heavy atom. The van der Waals surface area contributed by atoms with Gasteiger partial charge in [-0.2, -0.15) is 0 Å². The Kier molecular flexibility index (Phi) is 9.30. The van der Waals surface area contributed by atoms with E-state index in [9.17, 15) is 4.79 Å². The molecular weight excluding hydrogens is 431 g/mol. The molecule has 0 aromatic heterocycles. The smallest absolute Gasteiger partial charge is 0.410 e. The molecule has 2 fully saturated rings. The standard InChI is InChI=1S/C18H34N4O2.HI/c1-18(2,3)24-17(23)22-12-8-9-15(14-22)13-20-16(19)21-10-6-4-5-7-11-21;/h15H,4-14H2,1-3H3,(H2,19,20);1H. The average Bonchev–Trinajstić information content (AvgIpc) is 2.80. The fraction of sp³-hybridized carbons (Fsp3) is 0.889. The number of guanidine groups is 1. The number of hydrogen-bond acceptors (Lipinski definition) is 3. The van der Waals surface area contributed by atoms with E-state index < -0.39 is 5.60 Å². The molecule has 0 aliphatic carbocycles. The minimum absolute atomic E-state index is 0. The summed E-state index contributed by atoms with van der Waals surface area (Å²) in [7, 11) is 0. The van der Waals surface area contributed by atoms with Gasteiger partial charge in [0, 0.05) is 32.7 Å². The van der Waals surface area contributed by atoms with E-state index >= 15 is 0 Å². The molecule has 0 spiro atoms. The largest absolute Gasteiger partial charge is 0.444 e. The zero-order valence-corrected chi connectivity index (χ0v) is 18.3. The van der Waals surface area contributed by atoms with Crippen LogP contribution in [0.5, 0.6) is 0 Å². The molecule has 2 N–H and O–H groups in total. The lowest BCUT2D eigenvalue weighted by atomic mass is 9.98. The highest BCUT2D eigenvalue weighted by atomic mass is 127. The Balaban J connectivity index is 0.00000312. The maximum absolute atomic E-state index is 12.2. The van der Waals surface area contributed by atoms with Crippen molar-refractivity contribution < 1.29 is 9.53 Å². The number of piperidine rings is 1. The summed E-state index contributed by atoms with van der Waals surface area (Å²) >= 11 is 0. The summed E-state index contributed by atoms with van der Waals surface area (Å²) in [5.41, 5.74) is 5.74. The number of amides is 1. The molecular formula is C18H35IN4O2. The predicted octanol–water partition coefficient (Wildman–Crippen LogP) is 3.44. The number of halogens is 1. The van der Waals surface area contributed by atoms with Crippen molar-refractivity contribution >= 4 is 36.0 Å². The summed E-state index contributed by atoms with van der Waals surface area (Å²) in [5.74, 6) is 1.04. The van der Waals surface area contributed by atoms with Crippen LogP contribution in [-0.4, -0.2) is 60.2 Å². The highest BCUT2D eigenvalue weighted by molar-refractivity contribution is 14.0. The number of aliphatic imine (C=N–C) groups is 1. The first kappa shape index (κ1) is 22.3. The maximum atomic E-state index is 12.2. The second-order valence-corrected chi connectivity index (χ2v) is 8.03. The van der Waals surface area contributed by atoms with Gasteiger partial charge >= 0.3 is 6.09 Å². The number of nitrogens with two attached hydrogens (primary N) is 1. The lowest BCUT2D eigenvalue weighted by molar-refractivity contribution is 0.0170. The normalized spacial score (nSPS) is 22.8. The molecule has 0 bridgehead atoms. The molecule has 25 heavy (non-hydrogen) atoms. The van der Waals surface area contributed by atoms with E-state index in [0.717, 1.165) is 32.5 Å². The lowest BCUT2D eigenvalue weighted by Crippen LogP contribution is -2.44. The third kappa shape index (κ3) is 8.00. The van der Waals surface area contributed by atoms with E-state index in [1.54, 1.807) is 0 Å². The van der Waals surface area contributed by atoms with Gasteiger partial charge in [0.1, 0.15) is 5.60 Å². The van der Waals surface area contributed by atoms with Crippen LogP contribution in [0.25, 0.3) is 0 Å². The van der Waals surface area contributed by atoms with Gasteiger partial charge in [-0.15, -0.1) is 24.0 Å². The highest BCUT2D eigenvalue weighted by Crippen LogP contribution is 2.20. The van der Waals surface area contributed by atoms with E-state index in [4.69, 9.17) is 10.5 Å². The van der Waals surface area contributed by atoms with E-state index in [0.29, 0.717) is 25.0 Å². The molecule has 2 saturated heterocycles. The Morgan fingerprint density at radius 3 is 2.28 bits per heavy atom. The van der Waals surface area contributed by atoms with Gasteiger partial charge in [0.05, 0.1) is 0 Å². The van der Waals surface area contributed by atoms with Crippen molar-refractivity contribution in [3.05, 3.63) is 0 Å². The number of likely N-dealkylation sites (tertiary alicyclic amines) is 2. The molecule has 0 aromatic rings. The Labute approximate surface area is 169 Å². The van der Waals surface area contributed by atoms with Gasteiger partial charge in [-0.05, 0) is 52.4 Å². The number of nitrogens with zero attached hydrogens (tertiary/aromatic N) is 3. The predicted molar refractivity (Wildman–Crippen MR) is 112 cm³/mol. The molecule has 1 amide bonds. The summed E-state index contributed by atoms with van der Waals surface area (Å²) in [6.45, 7) is 9.92. The second-order valence-electron chi connectivity index (χ2n) is 8.03. The molecule has 7 heteroatoms. The van der Waals surface area contributed by atoms with Gasteiger partial charge in [-0.1, -0.05) is 12.8 Å². The maximum Gasteiger partial charge on any atom is 0.410 e. The van der Waals surface area contributed by atoms with Crippen molar-refractivity contribution in [3.8, 4) is 0 Å². The number of rotatable bonds is 2. The van der Waals surface area contributed by atoms with Gasteiger partial charge in [0.15, 0.2) is 5.96 Å². The molecule has 2 heterocycles. The molecule has 0 saturated carbocycles. The van der Waals surface area contributed by atoms with Crippen molar-refractivity contribution in [2.75, 3.05) is 32.7 Å². The fourth-order valence-electron chi connectivity index (χ4n) is 3.33. The first-order chi connectivity index (χ1) is 11.3. The third-order valence-electron chi connectivity index (χ3n) is 4.61. The minimum atomic E-state index is -0.445. The molecule has 1 unspecified atom stereocenters. The number of hydrogen-bond donors (Lipinski definition) is 1. The Bertz CT molecular complexity index is 443. The third-order valence-corrected chi connectivity index (χ3v) is 4.61. The van der Waals surface area contributed by atoms with Crippen LogP contribution in [0.1, 0.15) is 59.3 Å². The van der Waals surface area contributed by atoms with Crippen LogP contribution in [-0.2, 0) is 4.74 Å². The van der Waals surface area contributed by atoms with E-state index in [2.05, 4.69) is 9.89 Å². The van der Waals surface area contributed by atoms with Crippen LogP contribution in [0.2, 0.25) is 0 Å². The summed E-state index contributed by atoms with van der Waals surface area (Å²) in [5, 5.41) is 0. The van der Waals surface area contributed by atoms with Crippen molar-refractivity contribution in [1.82, 2.24) is 9.80 Å². The van der Waals surface area contributed by atoms with Gasteiger partial charge in [-0.25, -0.2) is 4.79 Å². The van der Waals surface area contributed by atoms with Crippen molar-refractivity contribution in [2.45, 2.75) is 64.9 Å². The lowest BCUT2D eigenvalue weighted by Gasteiger charge is -2.33. The fourth-order valence-corrected chi connectivity index (χ4v) is 3.33. The molecule has 2 aliphatic rings. The monoisotopic (exact) mass is 466 g/mol. The van der Waals surface area contributed by atoms with E-state index in [1.165, 1.54) is 25.7 Å². The van der Waals surface area contributed by atoms with Crippen LogP contribution in [0, 0.1) is 5.92 Å². The van der Waals surface area contributed by atoms with Gasteiger partial charge in [0.25, 0.3) is 0 Å². The molecule has 2 aliphatic heterocycles. The zero-order chi connectivity index (χ0) is 17.6. The molecule has 146 valence electrons. The van der Waals surface area contributed by atoms with Crippen LogP contribution >= 0.6 is 24.0 Å². The highest BCUT2D eigenvalue weighted by Gasteiger charge is 2.27. The van der Waals surface area contributed by atoms with Gasteiger partial charge < -0.3 is 20.3 Å². The zero-order valence-electron chi connectivity index (χ0n) is 16.0. The van der Waals surface area contributed by atoms with Crippen molar-refractivity contribution in [1.29, 1.82) is 0 Å². The molecule has 0 radical (unpaired) electrons. The SMILES string of the molecule is CC(C)(C)OC(=O)N1CCCC(CN=C(N)N2CCCCCC2)C1.I. The first-order valence-electron chi connectivity index (χ1n) is 9.38. The second kappa shape index (κ2) is 10.4. The quantitative estimate of drug-likeness (QED) is 0.385. The molecule has 2 rings (SSSR count). The number of carbonyl (C=O) groups excluding carboxylic acids is 1. The topological polar surface area (TPSA) is 71.2 Å². The minimum Gasteiger partial charge on any atom is -0.444 e. The van der Waals surface area contributed by atoms with Crippen molar-refractivity contribution in [2.24, 2.45) is 16.6 Å². The summed E-state index contributed by atoms with van der Waals surface area (Å²) in [4.78, 5) is 20.9. The summed E-state index contributed by atoms with van der Waals surface area (Å²) < 4.78 is 5.48. The summed E-state index contributed by atoms with van der Waals surface area (Å²) in [6.07, 6.45) is 6.86. The molecule has 1 atom stereocenters. The molecule has 6 nitrogen and oxygen atoms in total. The van der Waals surface area contributed by atoms with Gasteiger partial charge in [-0.3, -0.25) is 4.99 Å². The van der Waals surface area contributed by atoms with E-state index in [1.807, 2.05) is 25.7 Å². The van der Waals surface area contributed by atoms with E-state index in [-0.39, 0.29) is 30.1 Å². The van der Waals surface area contributed by atoms with Crippen LogP contribution in [0.3, 0.4) is 0 Å². The first-order valence-corrected chi connectivity index (χ1v) is 9.38. The van der Waals surface area contributed by atoms with Crippen LogP contribution in [0.4, 0.5) is 4.79 Å². The van der Waals surface area contributed by atoms with Crippen LogP contribution in [0.15, 0.2) is 4.99 Å². The Hall–Kier alpha value is -0.730. The van der Waals surface area contributed by atoms with Gasteiger partial charge in [0.2, 0.25) is 0 Å². The molecule has 0 aromatic carbocycles. The van der Waals surface area contributed by atoms with Crippen molar-refractivity contribution in [3.63, 3.8) is 0 Å². The number of ether oxygens (including phenoxy) is 1. The van der Waals surface area contributed by atoms with Crippen LogP contribution < -0.4 is 5.73 Å². The summed E-state index contributed by atoms with van der Waals surface area (Å²) in [6, 6.07) is 0. The Morgan fingerprint density at radius 2 is 1.68 bits per heavy atom. The average molecular weight is 466 g/mol.